The first-order valence-electron chi connectivity index (χ1n) is 11.6. The van der Waals surface area contributed by atoms with E-state index in [9.17, 15) is 13.6 Å². The average molecular weight is 478 g/mol. The second-order valence-corrected chi connectivity index (χ2v) is 9.40. The van der Waals surface area contributed by atoms with Crippen molar-refractivity contribution >= 4 is 23.5 Å². The molecule has 182 valence electrons. The Labute approximate surface area is 204 Å². The first kappa shape index (κ1) is 24.4. The summed E-state index contributed by atoms with van der Waals surface area (Å²) in [4.78, 5) is 12.7. The Kier molecular flexibility index (Phi) is 6.87. The summed E-state index contributed by atoms with van der Waals surface area (Å²) in [6.45, 7) is 5.46. The van der Waals surface area contributed by atoms with E-state index in [1.165, 1.54) is 24.4 Å². The molecule has 0 unspecified atom stereocenters. The number of ether oxygens (including phenoxy) is 1. The van der Waals surface area contributed by atoms with Crippen LogP contribution in [0.1, 0.15) is 49.5 Å². The van der Waals surface area contributed by atoms with Crippen LogP contribution in [0.4, 0.5) is 20.2 Å². The predicted octanol–water partition coefficient (Wildman–Crippen LogP) is 6.44. The van der Waals surface area contributed by atoms with Gasteiger partial charge in [-0.3, -0.25) is 4.79 Å². The number of aryl methyl sites for hydroxylation is 1. The molecule has 1 saturated carbocycles. The molecule has 0 aliphatic heterocycles. The van der Waals surface area contributed by atoms with Gasteiger partial charge in [-0.25, -0.2) is 8.78 Å². The molecule has 0 radical (unpaired) electrons. The molecule has 1 fully saturated rings. The van der Waals surface area contributed by atoms with Crippen molar-refractivity contribution in [1.29, 1.82) is 5.41 Å². The van der Waals surface area contributed by atoms with E-state index in [0.717, 1.165) is 12.8 Å². The minimum atomic E-state index is -0.647. The molecular formula is C28H29F2N3O2. The van der Waals surface area contributed by atoms with Crippen LogP contribution in [0.2, 0.25) is 0 Å². The number of hydrogen-bond acceptors (Lipinski definition) is 4. The van der Waals surface area contributed by atoms with Crippen molar-refractivity contribution < 1.29 is 18.3 Å². The van der Waals surface area contributed by atoms with Crippen LogP contribution in [0.15, 0.2) is 60.7 Å². The van der Waals surface area contributed by atoms with Crippen molar-refractivity contribution in [3.8, 4) is 5.75 Å². The number of halogens is 2. The van der Waals surface area contributed by atoms with Crippen molar-refractivity contribution in [3.63, 3.8) is 0 Å². The van der Waals surface area contributed by atoms with Gasteiger partial charge in [0.25, 0.3) is 0 Å². The van der Waals surface area contributed by atoms with Gasteiger partial charge in [0.15, 0.2) is 0 Å². The zero-order chi connectivity index (χ0) is 25.2. The molecule has 0 aromatic heterocycles. The third-order valence-electron chi connectivity index (χ3n) is 6.45. The van der Waals surface area contributed by atoms with Crippen LogP contribution in [0.25, 0.3) is 0 Å². The molecule has 7 heteroatoms. The van der Waals surface area contributed by atoms with Gasteiger partial charge in [0, 0.05) is 28.6 Å². The van der Waals surface area contributed by atoms with Gasteiger partial charge in [0.2, 0.25) is 5.91 Å². The maximum Gasteiger partial charge on any atom is 0.226 e. The fraction of sp³-hybridized carbons (Fsp3) is 0.286. The molecule has 0 bridgehead atoms. The lowest BCUT2D eigenvalue weighted by Crippen LogP contribution is -2.42. The topological polar surface area (TPSA) is 74.2 Å². The Morgan fingerprint density at radius 3 is 2.43 bits per heavy atom. The Bertz CT molecular complexity index is 1240. The van der Waals surface area contributed by atoms with Crippen molar-refractivity contribution in [1.82, 2.24) is 5.32 Å². The van der Waals surface area contributed by atoms with Gasteiger partial charge < -0.3 is 20.8 Å². The molecule has 0 spiro atoms. The number of rotatable bonds is 9. The van der Waals surface area contributed by atoms with Gasteiger partial charge >= 0.3 is 0 Å². The minimum absolute atomic E-state index is 0.0368. The van der Waals surface area contributed by atoms with Crippen LogP contribution in [-0.2, 0) is 4.79 Å². The molecule has 1 aliphatic carbocycles. The van der Waals surface area contributed by atoms with E-state index < -0.39 is 12.1 Å². The quantitative estimate of drug-likeness (QED) is 0.311. The molecule has 0 heterocycles. The molecular weight excluding hydrogens is 448 g/mol. The van der Waals surface area contributed by atoms with E-state index in [1.54, 1.807) is 49.4 Å². The highest BCUT2D eigenvalue weighted by Crippen LogP contribution is 2.45. The predicted molar refractivity (Wildman–Crippen MR) is 133 cm³/mol. The molecule has 35 heavy (non-hydrogen) atoms. The second-order valence-electron chi connectivity index (χ2n) is 9.40. The van der Waals surface area contributed by atoms with Gasteiger partial charge in [-0.05, 0) is 86.3 Å². The van der Waals surface area contributed by atoms with Crippen LogP contribution in [0, 0.1) is 29.4 Å². The summed E-state index contributed by atoms with van der Waals surface area (Å²) < 4.78 is 33.9. The summed E-state index contributed by atoms with van der Waals surface area (Å²) >= 11 is 0. The van der Waals surface area contributed by atoms with Crippen LogP contribution < -0.4 is 15.4 Å². The molecule has 3 aromatic rings. The maximum atomic E-state index is 14.4. The van der Waals surface area contributed by atoms with Crippen molar-refractivity contribution in [2.24, 2.45) is 5.41 Å². The number of nitrogens with one attached hydrogen (secondary N) is 3. The maximum absolute atomic E-state index is 14.4. The number of benzene rings is 3. The number of hydrogen-bond donors (Lipinski definition) is 3. The van der Waals surface area contributed by atoms with Crippen molar-refractivity contribution in [2.75, 3.05) is 5.32 Å². The molecule has 2 atom stereocenters. The molecule has 1 amide bonds. The van der Waals surface area contributed by atoms with Gasteiger partial charge in [0.1, 0.15) is 23.5 Å². The first-order valence-corrected chi connectivity index (χ1v) is 11.6. The Morgan fingerprint density at radius 1 is 1.09 bits per heavy atom. The van der Waals surface area contributed by atoms with E-state index in [2.05, 4.69) is 10.6 Å². The molecule has 1 aliphatic rings. The molecule has 0 saturated heterocycles. The fourth-order valence-corrected chi connectivity index (χ4v) is 3.80. The highest BCUT2D eigenvalue weighted by Gasteiger charge is 2.45. The van der Waals surface area contributed by atoms with E-state index in [1.807, 2.05) is 13.8 Å². The number of carbonyl (C=O) groups is 1. The molecule has 3 aromatic carbocycles. The van der Waals surface area contributed by atoms with Gasteiger partial charge in [-0.15, -0.1) is 0 Å². The van der Waals surface area contributed by atoms with Gasteiger partial charge in [0.05, 0.1) is 6.04 Å². The normalized spacial score (nSPS) is 15.6. The van der Waals surface area contributed by atoms with Crippen LogP contribution in [0.5, 0.6) is 5.75 Å². The standard InChI is InChI=1S/C28H29F2N3O2/c1-17-4-5-19(15-24(17)30)26(18(2)32-27(34)28(3)12-13-28)35-23-10-11-25(20(14-23)16-31)33-22-8-6-21(29)7-9-22/h4-11,14-16,18,26,31,33H,12-13H2,1-3H3,(H,32,34)/t18-,26-/m0/s1. The SMILES string of the molecule is Cc1ccc([C@@H](Oc2ccc(Nc3ccc(F)cc3)c(C=N)c2)[C@H](C)NC(=O)C2(C)CC2)cc1F. The van der Waals surface area contributed by atoms with Crippen molar-refractivity contribution in [3.05, 3.63) is 89.0 Å². The lowest BCUT2D eigenvalue weighted by Gasteiger charge is -2.28. The van der Waals surface area contributed by atoms with Gasteiger partial charge in [-0.1, -0.05) is 19.1 Å². The zero-order valence-electron chi connectivity index (χ0n) is 20.0. The number of amides is 1. The van der Waals surface area contributed by atoms with E-state index in [4.69, 9.17) is 10.1 Å². The highest BCUT2D eigenvalue weighted by atomic mass is 19.1. The summed E-state index contributed by atoms with van der Waals surface area (Å²) in [5.74, 6) is -0.243. The third-order valence-corrected chi connectivity index (χ3v) is 6.45. The minimum Gasteiger partial charge on any atom is -0.484 e. The molecule has 5 nitrogen and oxygen atoms in total. The zero-order valence-corrected chi connectivity index (χ0v) is 20.0. The highest BCUT2D eigenvalue weighted by molar-refractivity contribution is 5.88. The monoisotopic (exact) mass is 477 g/mol. The van der Waals surface area contributed by atoms with E-state index in [0.29, 0.717) is 33.8 Å². The second kappa shape index (κ2) is 9.86. The van der Waals surface area contributed by atoms with E-state index >= 15 is 0 Å². The largest absolute Gasteiger partial charge is 0.484 e. The number of carbonyl (C=O) groups excluding carboxylic acids is 1. The Morgan fingerprint density at radius 2 is 1.80 bits per heavy atom. The smallest absolute Gasteiger partial charge is 0.226 e. The number of anilines is 2. The molecule has 3 N–H and O–H groups in total. The van der Waals surface area contributed by atoms with E-state index in [-0.39, 0.29) is 23.0 Å². The van der Waals surface area contributed by atoms with Crippen LogP contribution in [0.3, 0.4) is 0 Å². The summed E-state index contributed by atoms with van der Waals surface area (Å²) in [6.07, 6.45) is 2.24. The van der Waals surface area contributed by atoms with Gasteiger partial charge in [-0.2, -0.15) is 0 Å². The molecule has 4 rings (SSSR count). The summed E-state index contributed by atoms with van der Waals surface area (Å²) in [7, 11) is 0. The van der Waals surface area contributed by atoms with Crippen LogP contribution >= 0.6 is 0 Å². The summed E-state index contributed by atoms with van der Waals surface area (Å²) in [5.41, 5.74) is 2.67. The Hall–Kier alpha value is -3.74. The Balaban J connectivity index is 1.59. The van der Waals surface area contributed by atoms with Crippen molar-refractivity contribution in [2.45, 2.75) is 45.8 Å². The summed E-state index contributed by atoms with van der Waals surface area (Å²) in [5, 5.41) is 14.1. The summed E-state index contributed by atoms with van der Waals surface area (Å²) in [6, 6.07) is 15.6. The lowest BCUT2D eigenvalue weighted by atomic mass is 10.00. The average Bonchev–Trinajstić information content (AvgIpc) is 3.60. The van der Waals surface area contributed by atoms with Crippen LogP contribution in [-0.4, -0.2) is 18.2 Å². The first-order chi connectivity index (χ1) is 16.7. The fourth-order valence-electron chi connectivity index (χ4n) is 3.80. The third kappa shape index (κ3) is 5.67. The lowest BCUT2D eigenvalue weighted by molar-refractivity contribution is -0.127.